The molecule has 0 saturated carbocycles. The summed E-state index contributed by atoms with van der Waals surface area (Å²) in [6, 6.07) is 4.21. The number of rotatable bonds is 3. The van der Waals surface area contributed by atoms with Crippen molar-refractivity contribution < 1.29 is 8.78 Å². The summed E-state index contributed by atoms with van der Waals surface area (Å²) in [7, 11) is 0. The van der Waals surface area contributed by atoms with Gasteiger partial charge in [0, 0.05) is 23.2 Å². The second kappa shape index (κ2) is 4.61. The molecule has 2 aromatic rings. The number of nitrogens with one attached hydrogen (secondary N) is 1. The highest BCUT2D eigenvalue weighted by Crippen LogP contribution is 2.21. The van der Waals surface area contributed by atoms with Crippen molar-refractivity contribution in [3.63, 3.8) is 0 Å². The Kier molecular flexibility index (Phi) is 3.19. The fourth-order valence-corrected chi connectivity index (χ4v) is 2.22. The van der Waals surface area contributed by atoms with Gasteiger partial charge in [-0.05, 0) is 23.9 Å². The zero-order valence-electron chi connectivity index (χ0n) is 8.76. The van der Waals surface area contributed by atoms with Crippen molar-refractivity contribution >= 4 is 17.0 Å². The van der Waals surface area contributed by atoms with E-state index in [9.17, 15) is 8.78 Å². The maximum Gasteiger partial charge on any atom is 0.163 e. The second-order valence-electron chi connectivity index (χ2n) is 3.53. The predicted octanol–water partition coefficient (Wildman–Crippen LogP) is 3.95. The molecule has 4 heteroatoms. The van der Waals surface area contributed by atoms with Gasteiger partial charge in [-0.1, -0.05) is 12.1 Å². The predicted molar refractivity (Wildman–Crippen MR) is 62.7 cm³/mol. The fraction of sp³-hybridized carbons (Fsp3) is 0.167. The minimum Gasteiger partial charge on any atom is -0.380 e. The smallest absolute Gasteiger partial charge is 0.163 e. The average Bonchev–Trinajstić information content (AvgIpc) is 2.67. The molecule has 0 spiro atoms. The molecule has 0 radical (unpaired) electrons. The molecule has 1 heterocycles. The molecule has 1 nitrogen and oxygen atoms in total. The molecule has 0 aliphatic rings. The van der Waals surface area contributed by atoms with Gasteiger partial charge in [0.1, 0.15) is 0 Å². The maximum atomic E-state index is 13.3. The van der Waals surface area contributed by atoms with Crippen LogP contribution in [0.1, 0.15) is 11.1 Å². The average molecular weight is 239 g/mol. The molecule has 1 aromatic heterocycles. The standard InChI is InChI=1S/C12H11F2NS/c1-8-6-16-7-11(8)15-5-9-3-2-4-10(13)12(9)14/h2-4,6-7,15H,5H2,1H3. The van der Waals surface area contributed by atoms with Crippen LogP contribution in [0, 0.1) is 18.6 Å². The molecular formula is C12H11F2NS. The van der Waals surface area contributed by atoms with E-state index in [1.807, 2.05) is 17.7 Å². The van der Waals surface area contributed by atoms with Crippen molar-refractivity contribution in [3.05, 3.63) is 51.7 Å². The van der Waals surface area contributed by atoms with Crippen LogP contribution in [0.15, 0.2) is 29.0 Å². The number of halogens is 2. The van der Waals surface area contributed by atoms with Gasteiger partial charge in [0.05, 0.1) is 0 Å². The van der Waals surface area contributed by atoms with Gasteiger partial charge in [0.2, 0.25) is 0 Å². The van der Waals surface area contributed by atoms with E-state index in [1.165, 1.54) is 6.07 Å². The lowest BCUT2D eigenvalue weighted by Gasteiger charge is -2.07. The molecule has 0 unspecified atom stereocenters. The van der Waals surface area contributed by atoms with Crippen LogP contribution in [0.25, 0.3) is 0 Å². The van der Waals surface area contributed by atoms with Crippen LogP contribution >= 0.6 is 11.3 Å². The summed E-state index contributed by atoms with van der Waals surface area (Å²) in [6.45, 7) is 2.27. The third-order valence-electron chi connectivity index (χ3n) is 2.36. The molecule has 1 aromatic carbocycles. The van der Waals surface area contributed by atoms with Crippen molar-refractivity contribution in [2.75, 3.05) is 5.32 Å². The van der Waals surface area contributed by atoms with Crippen LogP contribution in [-0.4, -0.2) is 0 Å². The van der Waals surface area contributed by atoms with Crippen LogP contribution < -0.4 is 5.32 Å². The molecule has 0 amide bonds. The Morgan fingerprint density at radius 3 is 2.75 bits per heavy atom. The van der Waals surface area contributed by atoms with Crippen molar-refractivity contribution in [1.29, 1.82) is 0 Å². The second-order valence-corrected chi connectivity index (χ2v) is 4.28. The Hall–Kier alpha value is -1.42. The molecule has 2 rings (SSSR count). The van der Waals surface area contributed by atoms with Crippen molar-refractivity contribution in [1.82, 2.24) is 0 Å². The molecule has 0 aliphatic carbocycles. The first-order valence-electron chi connectivity index (χ1n) is 4.88. The normalized spacial score (nSPS) is 10.4. The van der Waals surface area contributed by atoms with Gasteiger partial charge in [-0.2, -0.15) is 0 Å². The number of anilines is 1. The number of hydrogen-bond acceptors (Lipinski definition) is 2. The summed E-state index contributed by atoms with van der Waals surface area (Å²) in [6.07, 6.45) is 0. The highest BCUT2D eigenvalue weighted by atomic mass is 32.1. The van der Waals surface area contributed by atoms with Crippen molar-refractivity contribution in [3.8, 4) is 0 Å². The molecule has 0 atom stereocenters. The SMILES string of the molecule is Cc1cscc1NCc1cccc(F)c1F. The lowest BCUT2D eigenvalue weighted by Crippen LogP contribution is -2.03. The molecular weight excluding hydrogens is 228 g/mol. The highest BCUT2D eigenvalue weighted by Gasteiger charge is 2.07. The highest BCUT2D eigenvalue weighted by molar-refractivity contribution is 7.08. The van der Waals surface area contributed by atoms with Crippen LogP contribution in [0.5, 0.6) is 0 Å². The zero-order chi connectivity index (χ0) is 11.5. The summed E-state index contributed by atoms with van der Waals surface area (Å²) in [5.74, 6) is -1.58. The molecule has 0 aliphatic heterocycles. The number of thiophene rings is 1. The van der Waals surface area contributed by atoms with Gasteiger partial charge in [0.25, 0.3) is 0 Å². The zero-order valence-corrected chi connectivity index (χ0v) is 9.57. The Balaban J connectivity index is 2.11. The Bertz CT molecular complexity index is 494. The van der Waals surface area contributed by atoms with Gasteiger partial charge >= 0.3 is 0 Å². The molecule has 16 heavy (non-hydrogen) atoms. The summed E-state index contributed by atoms with van der Waals surface area (Å²) >= 11 is 1.58. The maximum absolute atomic E-state index is 13.3. The van der Waals surface area contributed by atoms with Crippen LogP contribution in [0.4, 0.5) is 14.5 Å². The van der Waals surface area contributed by atoms with Gasteiger partial charge < -0.3 is 5.32 Å². The molecule has 0 bridgehead atoms. The summed E-state index contributed by atoms with van der Waals surface area (Å²) < 4.78 is 26.2. The third kappa shape index (κ3) is 2.22. The molecule has 0 fully saturated rings. The summed E-state index contributed by atoms with van der Waals surface area (Å²) in [4.78, 5) is 0. The lowest BCUT2D eigenvalue weighted by atomic mass is 10.2. The molecule has 84 valence electrons. The Labute approximate surface area is 96.7 Å². The van der Waals surface area contributed by atoms with Crippen LogP contribution in [0.2, 0.25) is 0 Å². The van der Waals surface area contributed by atoms with Gasteiger partial charge in [0.15, 0.2) is 11.6 Å². The Morgan fingerprint density at radius 1 is 1.25 bits per heavy atom. The summed E-state index contributed by atoms with van der Waals surface area (Å²) in [5.41, 5.74) is 2.42. The Morgan fingerprint density at radius 2 is 2.06 bits per heavy atom. The monoisotopic (exact) mass is 239 g/mol. The third-order valence-corrected chi connectivity index (χ3v) is 3.22. The lowest BCUT2D eigenvalue weighted by molar-refractivity contribution is 0.500. The number of benzene rings is 1. The van der Waals surface area contributed by atoms with E-state index in [1.54, 1.807) is 17.4 Å². The van der Waals surface area contributed by atoms with E-state index < -0.39 is 11.6 Å². The molecule has 0 saturated heterocycles. The van der Waals surface area contributed by atoms with E-state index in [0.717, 1.165) is 17.3 Å². The number of aryl methyl sites for hydroxylation is 1. The van der Waals surface area contributed by atoms with E-state index in [-0.39, 0.29) is 0 Å². The number of hydrogen-bond donors (Lipinski definition) is 1. The fourth-order valence-electron chi connectivity index (χ4n) is 1.42. The van der Waals surface area contributed by atoms with E-state index in [0.29, 0.717) is 12.1 Å². The van der Waals surface area contributed by atoms with Crippen LogP contribution in [0.3, 0.4) is 0 Å². The van der Waals surface area contributed by atoms with Crippen LogP contribution in [-0.2, 0) is 6.54 Å². The minimum absolute atomic E-state index is 0.293. The summed E-state index contributed by atoms with van der Waals surface area (Å²) in [5, 5.41) is 7.04. The largest absolute Gasteiger partial charge is 0.380 e. The van der Waals surface area contributed by atoms with Crippen molar-refractivity contribution in [2.45, 2.75) is 13.5 Å². The van der Waals surface area contributed by atoms with Gasteiger partial charge in [-0.25, -0.2) is 8.78 Å². The quantitative estimate of drug-likeness (QED) is 0.855. The van der Waals surface area contributed by atoms with E-state index in [4.69, 9.17) is 0 Å². The van der Waals surface area contributed by atoms with Crippen molar-refractivity contribution in [2.24, 2.45) is 0 Å². The van der Waals surface area contributed by atoms with E-state index >= 15 is 0 Å². The first kappa shape index (κ1) is 11.1. The topological polar surface area (TPSA) is 12.0 Å². The first-order chi connectivity index (χ1) is 7.68. The van der Waals surface area contributed by atoms with Gasteiger partial charge in [-0.15, -0.1) is 11.3 Å². The van der Waals surface area contributed by atoms with Gasteiger partial charge in [-0.3, -0.25) is 0 Å². The first-order valence-corrected chi connectivity index (χ1v) is 5.82. The molecule has 1 N–H and O–H groups in total. The van der Waals surface area contributed by atoms with E-state index in [2.05, 4.69) is 5.32 Å². The minimum atomic E-state index is -0.804.